The van der Waals surface area contributed by atoms with Gasteiger partial charge in [0.15, 0.2) is 5.76 Å². The summed E-state index contributed by atoms with van der Waals surface area (Å²) < 4.78 is 22.2. The summed E-state index contributed by atoms with van der Waals surface area (Å²) in [5.41, 5.74) is 2.39. The molecule has 0 fully saturated rings. The number of rotatable bonds is 6. The SMILES string of the molecule is COCCCN1COc2ccc3c(c2C1)OC(=Cc1ccc(OC)cc1)C3=O. The molecule has 4 rings (SSSR count). The molecule has 0 radical (unpaired) electrons. The van der Waals surface area contributed by atoms with E-state index < -0.39 is 0 Å². The normalized spacial score (nSPS) is 17.1. The van der Waals surface area contributed by atoms with Crippen LogP contribution in [0.1, 0.15) is 27.9 Å². The van der Waals surface area contributed by atoms with E-state index in [4.69, 9.17) is 18.9 Å². The number of hydrogen-bond acceptors (Lipinski definition) is 6. The second kappa shape index (κ2) is 8.04. The van der Waals surface area contributed by atoms with Crippen LogP contribution in [0.15, 0.2) is 42.2 Å². The summed E-state index contributed by atoms with van der Waals surface area (Å²) in [5, 5.41) is 0. The number of Topliss-reactive ketones (excluding diaryl/α,β-unsaturated/α-hetero) is 1. The fourth-order valence-electron chi connectivity index (χ4n) is 3.43. The zero-order valence-corrected chi connectivity index (χ0v) is 16.1. The summed E-state index contributed by atoms with van der Waals surface area (Å²) in [6.45, 7) is 2.78. The average Bonchev–Trinajstić information content (AvgIpc) is 3.05. The first-order valence-corrected chi connectivity index (χ1v) is 9.28. The van der Waals surface area contributed by atoms with E-state index in [0.29, 0.717) is 37.0 Å². The van der Waals surface area contributed by atoms with Crippen molar-refractivity contribution in [2.24, 2.45) is 0 Å². The Bertz CT molecular complexity index is 904. The van der Waals surface area contributed by atoms with Gasteiger partial charge < -0.3 is 18.9 Å². The number of fused-ring (bicyclic) bond motifs is 3. The van der Waals surface area contributed by atoms with Crippen molar-refractivity contribution in [3.8, 4) is 17.2 Å². The summed E-state index contributed by atoms with van der Waals surface area (Å²) in [6, 6.07) is 11.1. The Morgan fingerprint density at radius 3 is 2.71 bits per heavy atom. The van der Waals surface area contributed by atoms with Crippen LogP contribution >= 0.6 is 0 Å². The van der Waals surface area contributed by atoms with Crippen molar-refractivity contribution in [2.45, 2.75) is 13.0 Å². The molecular weight excluding hydrogens is 358 g/mol. The van der Waals surface area contributed by atoms with E-state index in [-0.39, 0.29) is 5.78 Å². The predicted molar refractivity (Wildman–Crippen MR) is 105 cm³/mol. The molecule has 2 aromatic carbocycles. The Morgan fingerprint density at radius 1 is 1.14 bits per heavy atom. The minimum atomic E-state index is -0.106. The van der Waals surface area contributed by atoms with Gasteiger partial charge in [0.25, 0.3) is 0 Å². The zero-order chi connectivity index (χ0) is 19.5. The molecule has 0 bridgehead atoms. The predicted octanol–water partition coefficient (Wildman–Crippen LogP) is 3.50. The minimum Gasteiger partial charge on any atom is -0.497 e. The van der Waals surface area contributed by atoms with Gasteiger partial charge in [0, 0.05) is 26.8 Å². The lowest BCUT2D eigenvalue weighted by Gasteiger charge is -2.29. The number of methoxy groups -OCH3 is 2. The van der Waals surface area contributed by atoms with Gasteiger partial charge in [-0.15, -0.1) is 0 Å². The summed E-state index contributed by atoms with van der Waals surface area (Å²) in [7, 11) is 3.32. The van der Waals surface area contributed by atoms with E-state index in [2.05, 4.69) is 4.90 Å². The Labute approximate surface area is 164 Å². The highest BCUT2D eigenvalue weighted by Crippen LogP contribution is 2.42. The maximum atomic E-state index is 12.8. The van der Waals surface area contributed by atoms with Crippen LogP contribution in [0.25, 0.3) is 6.08 Å². The van der Waals surface area contributed by atoms with Crippen molar-refractivity contribution in [2.75, 3.05) is 34.1 Å². The van der Waals surface area contributed by atoms with Gasteiger partial charge in [0.1, 0.15) is 24.0 Å². The van der Waals surface area contributed by atoms with Gasteiger partial charge in [-0.3, -0.25) is 9.69 Å². The molecule has 6 nitrogen and oxygen atoms in total. The molecule has 0 N–H and O–H groups in total. The zero-order valence-electron chi connectivity index (χ0n) is 16.1. The largest absolute Gasteiger partial charge is 0.497 e. The summed E-state index contributed by atoms with van der Waals surface area (Å²) >= 11 is 0. The molecule has 2 aromatic rings. The van der Waals surface area contributed by atoms with Gasteiger partial charge >= 0.3 is 0 Å². The van der Waals surface area contributed by atoms with E-state index in [1.165, 1.54) is 0 Å². The maximum absolute atomic E-state index is 12.8. The van der Waals surface area contributed by atoms with Gasteiger partial charge in [0.2, 0.25) is 5.78 Å². The van der Waals surface area contributed by atoms with Crippen molar-refractivity contribution in [1.82, 2.24) is 4.90 Å². The van der Waals surface area contributed by atoms with Gasteiger partial charge in [-0.05, 0) is 42.3 Å². The maximum Gasteiger partial charge on any atom is 0.231 e. The Hall–Kier alpha value is -2.83. The van der Waals surface area contributed by atoms with E-state index in [0.717, 1.165) is 35.6 Å². The molecule has 0 amide bonds. The van der Waals surface area contributed by atoms with E-state index in [1.54, 1.807) is 26.4 Å². The lowest BCUT2D eigenvalue weighted by molar-refractivity contribution is 0.0823. The lowest BCUT2D eigenvalue weighted by atomic mass is 10.0. The molecule has 0 spiro atoms. The molecule has 2 aliphatic rings. The number of carbonyl (C=O) groups excluding carboxylic acids is 1. The summed E-state index contributed by atoms with van der Waals surface area (Å²) in [6.07, 6.45) is 2.68. The van der Waals surface area contributed by atoms with Gasteiger partial charge in [-0.2, -0.15) is 0 Å². The first-order chi connectivity index (χ1) is 13.7. The fourth-order valence-corrected chi connectivity index (χ4v) is 3.43. The first-order valence-electron chi connectivity index (χ1n) is 9.28. The number of ketones is 1. The van der Waals surface area contributed by atoms with Crippen molar-refractivity contribution in [1.29, 1.82) is 0 Å². The summed E-state index contributed by atoms with van der Waals surface area (Å²) in [5.74, 6) is 2.37. The average molecular weight is 381 g/mol. The molecule has 0 unspecified atom stereocenters. The number of nitrogens with zero attached hydrogens (tertiary/aromatic N) is 1. The summed E-state index contributed by atoms with van der Waals surface area (Å²) in [4.78, 5) is 15.0. The van der Waals surface area contributed by atoms with Gasteiger partial charge in [-0.25, -0.2) is 0 Å². The molecule has 2 aliphatic heterocycles. The first kappa shape index (κ1) is 18.5. The van der Waals surface area contributed by atoms with Crippen LogP contribution in [0.4, 0.5) is 0 Å². The topological polar surface area (TPSA) is 57.2 Å². The van der Waals surface area contributed by atoms with Crippen molar-refractivity contribution >= 4 is 11.9 Å². The fraction of sp³-hybridized carbons (Fsp3) is 0.318. The molecule has 2 heterocycles. The molecule has 28 heavy (non-hydrogen) atoms. The van der Waals surface area contributed by atoms with Crippen LogP contribution in [0, 0.1) is 0 Å². The van der Waals surface area contributed by atoms with Gasteiger partial charge in [-0.1, -0.05) is 12.1 Å². The molecule has 0 aliphatic carbocycles. The van der Waals surface area contributed by atoms with Crippen molar-refractivity contribution < 1.29 is 23.7 Å². The molecule has 0 atom stereocenters. The molecule has 146 valence electrons. The third kappa shape index (κ3) is 3.61. The molecule has 0 saturated carbocycles. The molecule has 0 aromatic heterocycles. The molecular formula is C22H23NO5. The third-order valence-electron chi connectivity index (χ3n) is 4.92. The minimum absolute atomic E-state index is 0.106. The Kier molecular flexibility index (Phi) is 5.32. The highest BCUT2D eigenvalue weighted by molar-refractivity contribution is 6.15. The van der Waals surface area contributed by atoms with Crippen LogP contribution in [0.5, 0.6) is 17.2 Å². The second-order valence-electron chi connectivity index (χ2n) is 6.80. The highest BCUT2D eigenvalue weighted by atomic mass is 16.5. The van der Waals surface area contributed by atoms with Crippen LogP contribution in [0.2, 0.25) is 0 Å². The lowest BCUT2D eigenvalue weighted by Crippen LogP contribution is -2.33. The molecule has 0 saturated heterocycles. The van der Waals surface area contributed by atoms with Crippen molar-refractivity contribution in [3.05, 3.63) is 58.8 Å². The number of ether oxygens (including phenoxy) is 4. The van der Waals surface area contributed by atoms with Crippen LogP contribution in [-0.4, -0.2) is 44.8 Å². The Morgan fingerprint density at radius 2 is 1.96 bits per heavy atom. The molecule has 6 heteroatoms. The second-order valence-corrected chi connectivity index (χ2v) is 6.80. The van der Waals surface area contributed by atoms with Gasteiger partial charge in [0.05, 0.1) is 18.2 Å². The van der Waals surface area contributed by atoms with Crippen LogP contribution < -0.4 is 14.2 Å². The van der Waals surface area contributed by atoms with E-state index in [1.807, 2.05) is 30.3 Å². The Balaban J connectivity index is 1.57. The standard InChI is InChI=1S/C22H23NO5/c1-25-11-3-10-23-13-18-19(27-14-23)9-8-17-21(24)20(28-22(17)18)12-15-4-6-16(26-2)7-5-15/h4-9,12H,3,10-11,13-14H2,1-2H3. The number of carbonyl (C=O) groups is 1. The third-order valence-corrected chi connectivity index (χ3v) is 4.92. The highest BCUT2D eigenvalue weighted by Gasteiger charge is 2.33. The number of allylic oxidation sites excluding steroid dienone is 1. The van der Waals surface area contributed by atoms with Crippen LogP contribution in [-0.2, 0) is 11.3 Å². The van der Waals surface area contributed by atoms with E-state index in [9.17, 15) is 4.79 Å². The smallest absolute Gasteiger partial charge is 0.231 e. The monoisotopic (exact) mass is 381 g/mol. The van der Waals surface area contributed by atoms with E-state index >= 15 is 0 Å². The number of hydrogen-bond donors (Lipinski definition) is 0. The van der Waals surface area contributed by atoms with Crippen LogP contribution in [0.3, 0.4) is 0 Å². The van der Waals surface area contributed by atoms with Crippen molar-refractivity contribution in [3.63, 3.8) is 0 Å². The number of benzene rings is 2. The quantitative estimate of drug-likeness (QED) is 0.564.